The van der Waals surface area contributed by atoms with E-state index < -0.39 is 0 Å². The Morgan fingerprint density at radius 1 is 0.958 bits per heavy atom. The quantitative estimate of drug-likeness (QED) is 0.374. The first-order valence-electron chi connectivity index (χ1n) is 9.58. The topological polar surface area (TPSA) is 12.5 Å². The maximum absolute atomic E-state index is 5.83. The second kappa shape index (κ2) is 11.3. The molecular weight excluding hydrogens is 294 g/mol. The van der Waals surface area contributed by atoms with Crippen LogP contribution in [0.2, 0.25) is 0 Å². The molecule has 0 aliphatic heterocycles. The first kappa shape index (κ1) is 20.8. The van der Waals surface area contributed by atoms with Gasteiger partial charge in [0.25, 0.3) is 0 Å². The van der Waals surface area contributed by atoms with Gasteiger partial charge in [0.2, 0.25) is 0 Å². The number of ether oxygens (including phenoxy) is 1. The molecule has 0 saturated carbocycles. The fourth-order valence-electron chi connectivity index (χ4n) is 2.71. The molecule has 0 spiro atoms. The summed E-state index contributed by atoms with van der Waals surface area (Å²) in [5.41, 5.74) is 1.55. The van der Waals surface area contributed by atoms with Crippen molar-refractivity contribution in [3.05, 3.63) is 42.0 Å². The lowest BCUT2D eigenvalue weighted by atomic mass is 9.87. The van der Waals surface area contributed by atoms with Crippen LogP contribution in [-0.2, 0) is 5.41 Å². The van der Waals surface area contributed by atoms with Gasteiger partial charge >= 0.3 is 0 Å². The monoisotopic (exact) mass is 331 g/mol. The number of nitrogens with zero attached hydrogens (tertiary/aromatic N) is 1. The van der Waals surface area contributed by atoms with Crippen LogP contribution in [0.1, 0.15) is 65.9 Å². The van der Waals surface area contributed by atoms with Crippen LogP contribution in [0.3, 0.4) is 0 Å². The molecule has 0 aromatic heterocycles. The van der Waals surface area contributed by atoms with Crippen molar-refractivity contribution in [2.45, 2.75) is 65.7 Å². The molecule has 136 valence electrons. The van der Waals surface area contributed by atoms with Gasteiger partial charge in [-0.15, -0.1) is 0 Å². The minimum absolute atomic E-state index is 0.201. The number of benzene rings is 1. The highest BCUT2D eigenvalue weighted by atomic mass is 16.5. The molecule has 0 unspecified atom stereocenters. The average Bonchev–Trinajstić information content (AvgIpc) is 2.54. The average molecular weight is 332 g/mol. The maximum atomic E-state index is 5.83. The lowest BCUT2D eigenvalue weighted by Crippen LogP contribution is -2.25. The lowest BCUT2D eigenvalue weighted by molar-refractivity contribution is 0.302. The molecule has 0 saturated heterocycles. The van der Waals surface area contributed by atoms with Crippen LogP contribution in [0.5, 0.6) is 5.75 Å². The van der Waals surface area contributed by atoms with Gasteiger partial charge in [0, 0.05) is 6.54 Å². The van der Waals surface area contributed by atoms with Crippen molar-refractivity contribution in [1.82, 2.24) is 4.90 Å². The standard InChI is InChI=1S/C22H37NO/c1-6-16-23(17-7-2)18-10-8-9-11-19-24-21-14-12-20(13-15-21)22(3,4)5/h8,10,12-15H,6-7,9,11,16-19H2,1-5H3/b10-8+. The number of hydrogen-bond acceptors (Lipinski definition) is 2. The van der Waals surface area contributed by atoms with Crippen molar-refractivity contribution in [3.8, 4) is 5.75 Å². The molecule has 0 bridgehead atoms. The molecule has 0 heterocycles. The Hall–Kier alpha value is -1.28. The number of rotatable bonds is 11. The Kier molecular flexibility index (Phi) is 9.78. The minimum Gasteiger partial charge on any atom is -0.494 e. The Labute approximate surface area is 149 Å². The molecule has 2 nitrogen and oxygen atoms in total. The van der Waals surface area contributed by atoms with E-state index in [1.54, 1.807) is 0 Å². The highest BCUT2D eigenvalue weighted by Crippen LogP contribution is 2.24. The van der Waals surface area contributed by atoms with Crippen LogP contribution in [0.4, 0.5) is 0 Å². The maximum Gasteiger partial charge on any atom is 0.119 e. The van der Waals surface area contributed by atoms with Gasteiger partial charge in [-0.3, -0.25) is 4.90 Å². The Bertz CT molecular complexity index is 450. The summed E-state index contributed by atoms with van der Waals surface area (Å²) in [5, 5.41) is 0. The van der Waals surface area contributed by atoms with Gasteiger partial charge < -0.3 is 4.74 Å². The molecule has 0 N–H and O–H groups in total. The molecule has 0 fully saturated rings. The van der Waals surface area contributed by atoms with Gasteiger partial charge in [-0.05, 0) is 61.9 Å². The molecule has 1 aromatic rings. The van der Waals surface area contributed by atoms with E-state index in [9.17, 15) is 0 Å². The summed E-state index contributed by atoms with van der Waals surface area (Å²) in [6.07, 6.45) is 9.23. The molecule has 2 heteroatoms. The number of allylic oxidation sites excluding steroid dienone is 1. The van der Waals surface area contributed by atoms with Gasteiger partial charge in [0.05, 0.1) is 6.61 Å². The zero-order chi connectivity index (χ0) is 17.8. The van der Waals surface area contributed by atoms with E-state index in [-0.39, 0.29) is 5.41 Å². The van der Waals surface area contributed by atoms with E-state index >= 15 is 0 Å². The molecule has 0 radical (unpaired) electrons. The molecule has 0 amide bonds. The van der Waals surface area contributed by atoms with Crippen LogP contribution < -0.4 is 4.74 Å². The summed E-state index contributed by atoms with van der Waals surface area (Å²) in [6, 6.07) is 8.52. The van der Waals surface area contributed by atoms with Crippen molar-refractivity contribution in [1.29, 1.82) is 0 Å². The van der Waals surface area contributed by atoms with Gasteiger partial charge in [-0.25, -0.2) is 0 Å². The van der Waals surface area contributed by atoms with E-state index in [4.69, 9.17) is 4.74 Å². The smallest absolute Gasteiger partial charge is 0.119 e. The van der Waals surface area contributed by atoms with E-state index in [0.29, 0.717) is 0 Å². The highest BCUT2D eigenvalue weighted by Gasteiger charge is 2.12. The molecule has 0 aliphatic carbocycles. The van der Waals surface area contributed by atoms with Gasteiger partial charge in [-0.1, -0.05) is 58.9 Å². The predicted octanol–water partition coefficient (Wildman–Crippen LogP) is 5.82. The van der Waals surface area contributed by atoms with Crippen LogP contribution in [0, 0.1) is 0 Å². The summed E-state index contributed by atoms with van der Waals surface area (Å²) >= 11 is 0. The SMILES string of the molecule is CCCN(C/C=C/CCCOc1ccc(C(C)(C)C)cc1)CCC. The molecule has 0 atom stereocenters. The predicted molar refractivity (Wildman–Crippen MR) is 106 cm³/mol. The van der Waals surface area contributed by atoms with Gasteiger partial charge in [0.1, 0.15) is 5.75 Å². The lowest BCUT2D eigenvalue weighted by Gasteiger charge is -2.19. The second-order valence-electron chi connectivity index (χ2n) is 7.54. The van der Waals surface area contributed by atoms with E-state index in [0.717, 1.165) is 31.7 Å². The van der Waals surface area contributed by atoms with Crippen molar-refractivity contribution in [2.24, 2.45) is 0 Å². The third-order valence-corrected chi connectivity index (χ3v) is 4.11. The first-order valence-corrected chi connectivity index (χ1v) is 9.58. The zero-order valence-corrected chi connectivity index (χ0v) is 16.5. The Morgan fingerprint density at radius 2 is 1.58 bits per heavy atom. The van der Waals surface area contributed by atoms with E-state index in [1.807, 2.05) is 0 Å². The fourth-order valence-corrected chi connectivity index (χ4v) is 2.71. The number of hydrogen-bond donors (Lipinski definition) is 0. The van der Waals surface area contributed by atoms with E-state index in [1.165, 1.54) is 31.5 Å². The Balaban J connectivity index is 2.20. The van der Waals surface area contributed by atoms with Gasteiger partial charge in [0.15, 0.2) is 0 Å². The fraction of sp³-hybridized carbons (Fsp3) is 0.636. The van der Waals surface area contributed by atoms with Crippen molar-refractivity contribution >= 4 is 0 Å². The molecule has 0 aliphatic rings. The summed E-state index contributed by atoms with van der Waals surface area (Å²) < 4.78 is 5.83. The largest absolute Gasteiger partial charge is 0.494 e. The van der Waals surface area contributed by atoms with Crippen LogP contribution in [-0.4, -0.2) is 31.1 Å². The van der Waals surface area contributed by atoms with Gasteiger partial charge in [-0.2, -0.15) is 0 Å². The molecular formula is C22H37NO. The summed E-state index contributed by atoms with van der Waals surface area (Å²) in [7, 11) is 0. The van der Waals surface area contributed by atoms with Crippen molar-refractivity contribution < 1.29 is 4.74 Å². The van der Waals surface area contributed by atoms with Crippen molar-refractivity contribution in [2.75, 3.05) is 26.2 Å². The third kappa shape index (κ3) is 8.54. The highest BCUT2D eigenvalue weighted by molar-refractivity contribution is 5.31. The Morgan fingerprint density at radius 3 is 2.12 bits per heavy atom. The normalized spacial score (nSPS) is 12.2. The van der Waals surface area contributed by atoms with Crippen molar-refractivity contribution in [3.63, 3.8) is 0 Å². The molecule has 1 aromatic carbocycles. The van der Waals surface area contributed by atoms with E-state index in [2.05, 4.69) is 75.9 Å². The number of unbranched alkanes of at least 4 members (excludes halogenated alkanes) is 1. The molecule has 1 rings (SSSR count). The summed E-state index contributed by atoms with van der Waals surface area (Å²) in [5.74, 6) is 0.976. The summed E-state index contributed by atoms with van der Waals surface area (Å²) in [6.45, 7) is 15.5. The first-order chi connectivity index (χ1) is 11.5. The minimum atomic E-state index is 0.201. The van der Waals surface area contributed by atoms with Crippen LogP contribution >= 0.6 is 0 Å². The van der Waals surface area contributed by atoms with Crippen LogP contribution in [0.15, 0.2) is 36.4 Å². The zero-order valence-electron chi connectivity index (χ0n) is 16.5. The molecule has 24 heavy (non-hydrogen) atoms. The van der Waals surface area contributed by atoms with Crippen LogP contribution in [0.25, 0.3) is 0 Å². The summed E-state index contributed by atoms with van der Waals surface area (Å²) in [4.78, 5) is 2.52. The second-order valence-corrected chi connectivity index (χ2v) is 7.54. The third-order valence-electron chi connectivity index (χ3n) is 4.11.